The number of H-pyrrole nitrogens is 1. The van der Waals surface area contributed by atoms with Crippen LogP contribution in [-0.2, 0) is 0 Å². The smallest absolute Gasteiger partial charge is 0.151 e. The number of nitrogens with two attached hydrogens (primary N) is 1. The molecule has 4 rings (SSSR count). The van der Waals surface area contributed by atoms with Crippen LogP contribution in [0.1, 0.15) is 17.2 Å². The number of rotatable bonds is 4. The van der Waals surface area contributed by atoms with Crippen molar-refractivity contribution in [1.29, 1.82) is 0 Å². The Kier molecular flexibility index (Phi) is 5.92. The van der Waals surface area contributed by atoms with E-state index in [1.165, 1.54) is 11.9 Å². The Labute approximate surface area is 167 Å². The molecule has 1 fully saturated rings. The zero-order valence-electron chi connectivity index (χ0n) is 14.7. The van der Waals surface area contributed by atoms with Crippen molar-refractivity contribution in [3.8, 4) is 0 Å². The van der Waals surface area contributed by atoms with E-state index in [0.717, 1.165) is 10.5 Å². The molecule has 9 heteroatoms. The first-order chi connectivity index (χ1) is 12.5. The monoisotopic (exact) mass is 407 g/mol. The lowest BCUT2D eigenvalue weighted by Gasteiger charge is -2.15. The molecule has 27 heavy (non-hydrogen) atoms. The Balaban J connectivity index is 0.00000210. The highest BCUT2D eigenvalue weighted by atomic mass is 35.5. The van der Waals surface area contributed by atoms with E-state index in [-0.39, 0.29) is 18.4 Å². The maximum absolute atomic E-state index is 10.6. The van der Waals surface area contributed by atoms with E-state index >= 15 is 0 Å². The van der Waals surface area contributed by atoms with Gasteiger partial charge in [-0.2, -0.15) is 0 Å². The van der Waals surface area contributed by atoms with Gasteiger partial charge in [0.1, 0.15) is 17.9 Å². The van der Waals surface area contributed by atoms with Crippen LogP contribution in [0.3, 0.4) is 0 Å². The molecule has 3 heterocycles. The molecule has 0 bridgehead atoms. The molecular weight excluding hydrogens is 386 g/mol. The van der Waals surface area contributed by atoms with Crippen LogP contribution in [0.25, 0.3) is 11.0 Å². The molecule has 6 N–H and O–H groups in total. The Bertz CT molecular complexity index is 920. The van der Waals surface area contributed by atoms with Crippen LogP contribution in [0.2, 0.25) is 0 Å². The van der Waals surface area contributed by atoms with E-state index in [1.54, 1.807) is 18.0 Å². The standard InChI is InChI=1S/C18H21N5O2S.ClH/c1-9-2-4-10(5-3-9)26-7-12-16(24)17(25)14(23-12)11-6-20-15-13(11)21-8-22-18(15)19;/h2-6,8,12,14,16-17,20,23-25H,7H2,1H3,(H2,19,21,22);1H. The van der Waals surface area contributed by atoms with Gasteiger partial charge in [0.15, 0.2) is 5.82 Å². The number of aliphatic hydroxyl groups is 2. The first-order valence-electron chi connectivity index (χ1n) is 8.43. The average molecular weight is 408 g/mol. The van der Waals surface area contributed by atoms with Gasteiger partial charge in [0.05, 0.1) is 17.7 Å². The Morgan fingerprint density at radius 3 is 2.63 bits per heavy atom. The van der Waals surface area contributed by atoms with Gasteiger partial charge in [-0.15, -0.1) is 24.2 Å². The summed E-state index contributed by atoms with van der Waals surface area (Å²) in [4.78, 5) is 12.4. The molecule has 1 aromatic carbocycles. The molecule has 3 aromatic rings. The summed E-state index contributed by atoms with van der Waals surface area (Å²) in [5.41, 5.74) is 9.16. The molecule has 1 aliphatic heterocycles. The fraction of sp³-hybridized carbons (Fsp3) is 0.333. The highest BCUT2D eigenvalue weighted by molar-refractivity contribution is 7.99. The number of aryl methyl sites for hydroxylation is 1. The zero-order valence-corrected chi connectivity index (χ0v) is 16.3. The lowest BCUT2D eigenvalue weighted by molar-refractivity contribution is 0.0308. The lowest BCUT2D eigenvalue weighted by Crippen LogP contribution is -2.35. The van der Waals surface area contributed by atoms with Crippen LogP contribution in [0, 0.1) is 6.92 Å². The fourth-order valence-electron chi connectivity index (χ4n) is 3.32. The van der Waals surface area contributed by atoms with Crippen molar-refractivity contribution in [1.82, 2.24) is 20.3 Å². The van der Waals surface area contributed by atoms with Crippen LogP contribution in [0.4, 0.5) is 5.82 Å². The minimum Gasteiger partial charge on any atom is -0.389 e. The third kappa shape index (κ3) is 3.76. The van der Waals surface area contributed by atoms with Gasteiger partial charge in [0, 0.05) is 28.5 Å². The quantitative estimate of drug-likeness (QED) is 0.418. The largest absolute Gasteiger partial charge is 0.389 e. The SMILES string of the molecule is Cc1ccc(SCC2NC(c3c[nH]c4c(N)ncnc34)C(O)C2O)cc1.Cl. The van der Waals surface area contributed by atoms with Gasteiger partial charge in [-0.25, -0.2) is 9.97 Å². The molecule has 4 unspecified atom stereocenters. The summed E-state index contributed by atoms with van der Waals surface area (Å²) in [6, 6.07) is 7.61. The van der Waals surface area contributed by atoms with Gasteiger partial charge < -0.3 is 26.2 Å². The summed E-state index contributed by atoms with van der Waals surface area (Å²) in [6.07, 6.45) is 1.38. The first kappa shape index (κ1) is 19.9. The number of aromatic nitrogens is 3. The number of nitrogens with zero attached hydrogens (tertiary/aromatic N) is 2. The first-order valence-corrected chi connectivity index (χ1v) is 9.42. The molecule has 4 atom stereocenters. The number of aromatic amines is 1. The fourth-order valence-corrected chi connectivity index (χ4v) is 4.31. The molecular formula is C18H22ClN5O2S. The summed E-state index contributed by atoms with van der Waals surface area (Å²) in [5.74, 6) is 1.01. The summed E-state index contributed by atoms with van der Waals surface area (Å²) >= 11 is 1.65. The van der Waals surface area contributed by atoms with Crippen molar-refractivity contribution in [2.45, 2.75) is 36.1 Å². The van der Waals surface area contributed by atoms with Gasteiger partial charge >= 0.3 is 0 Å². The number of thioether (sulfide) groups is 1. The molecule has 0 aliphatic carbocycles. The van der Waals surface area contributed by atoms with E-state index in [0.29, 0.717) is 22.6 Å². The van der Waals surface area contributed by atoms with Crippen LogP contribution in [0.15, 0.2) is 41.7 Å². The Morgan fingerprint density at radius 2 is 1.89 bits per heavy atom. The molecule has 0 amide bonds. The third-order valence-corrected chi connectivity index (χ3v) is 5.94. The number of anilines is 1. The van der Waals surface area contributed by atoms with Crippen LogP contribution in [0.5, 0.6) is 0 Å². The topological polar surface area (TPSA) is 120 Å². The summed E-state index contributed by atoms with van der Waals surface area (Å²) in [5, 5.41) is 24.4. The van der Waals surface area contributed by atoms with Crippen LogP contribution < -0.4 is 11.1 Å². The van der Waals surface area contributed by atoms with Gasteiger partial charge in [0.25, 0.3) is 0 Å². The maximum Gasteiger partial charge on any atom is 0.151 e. The third-order valence-electron chi connectivity index (χ3n) is 4.80. The Hall–Kier alpha value is -1.84. The average Bonchev–Trinajstić information content (AvgIpc) is 3.18. The maximum atomic E-state index is 10.6. The summed E-state index contributed by atoms with van der Waals surface area (Å²) in [6.45, 7) is 2.05. The van der Waals surface area contributed by atoms with Crippen molar-refractivity contribution in [2.75, 3.05) is 11.5 Å². The highest BCUT2D eigenvalue weighted by Gasteiger charge is 2.42. The van der Waals surface area contributed by atoms with E-state index in [9.17, 15) is 10.2 Å². The predicted octanol–water partition coefficient (Wildman–Crippen LogP) is 1.80. The van der Waals surface area contributed by atoms with Crippen molar-refractivity contribution in [3.63, 3.8) is 0 Å². The van der Waals surface area contributed by atoms with Crippen molar-refractivity contribution >= 4 is 41.0 Å². The minimum absolute atomic E-state index is 0. The molecule has 2 aromatic heterocycles. The minimum atomic E-state index is -0.922. The number of nitrogens with one attached hydrogen (secondary N) is 2. The van der Waals surface area contributed by atoms with E-state index < -0.39 is 18.2 Å². The normalized spacial score (nSPS) is 24.9. The number of nitrogen functional groups attached to an aromatic ring is 1. The van der Waals surface area contributed by atoms with Crippen molar-refractivity contribution < 1.29 is 10.2 Å². The molecule has 1 aliphatic rings. The van der Waals surface area contributed by atoms with Gasteiger partial charge in [-0.3, -0.25) is 0 Å². The predicted molar refractivity (Wildman–Crippen MR) is 109 cm³/mol. The van der Waals surface area contributed by atoms with E-state index in [4.69, 9.17) is 5.73 Å². The van der Waals surface area contributed by atoms with Crippen molar-refractivity contribution in [3.05, 3.63) is 47.9 Å². The molecule has 0 saturated carbocycles. The summed E-state index contributed by atoms with van der Waals surface area (Å²) in [7, 11) is 0. The number of hydrogen-bond acceptors (Lipinski definition) is 7. The van der Waals surface area contributed by atoms with Crippen LogP contribution >= 0.6 is 24.2 Å². The Morgan fingerprint density at radius 1 is 1.15 bits per heavy atom. The second kappa shape index (κ2) is 8.04. The number of benzene rings is 1. The molecule has 1 saturated heterocycles. The summed E-state index contributed by atoms with van der Waals surface area (Å²) < 4.78 is 0. The van der Waals surface area contributed by atoms with Crippen LogP contribution in [-0.4, -0.2) is 49.2 Å². The zero-order chi connectivity index (χ0) is 18.3. The lowest BCUT2D eigenvalue weighted by atomic mass is 10.0. The van der Waals surface area contributed by atoms with Gasteiger partial charge in [0.2, 0.25) is 0 Å². The molecule has 144 valence electrons. The number of aliphatic hydroxyl groups excluding tert-OH is 2. The van der Waals surface area contributed by atoms with E-state index in [1.807, 2.05) is 0 Å². The number of halogens is 1. The molecule has 0 spiro atoms. The van der Waals surface area contributed by atoms with E-state index in [2.05, 4.69) is 51.5 Å². The molecule has 7 nitrogen and oxygen atoms in total. The second-order valence-corrected chi connectivity index (χ2v) is 7.68. The number of hydrogen-bond donors (Lipinski definition) is 5. The second-order valence-electron chi connectivity index (χ2n) is 6.58. The highest BCUT2D eigenvalue weighted by Crippen LogP contribution is 2.34. The van der Waals surface area contributed by atoms with Gasteiger partial charge in [-0.1, -0.05) is 17.7 Å². The molecule has 0 radical (unpaired) electrons. The number of fused-ring (bicyclic) bond motifs is 1. The van der Waals surface area contributed by atoms with Gasteiger partial charge in [-0.05, 0) is 19.1 Å². The van der Waals surface area contributed by atoms with Crippen molar-refractivity contribution in [2.24, 2.45) is 0 Å².